The highest BCUT2D eigenvalue weighted by Crippen LogP contribution is 2.30. The van der Waals surface area contributed by atoms with Crippen molar-refractivity contribution in [1.29, 1.82) is 5.26 Å². The summed E-state index contributed by atoms with van der Waals surface area (Å²) in [5.41, 5.74) is 1.02. The molecule has 0 aliphatic heterocycles. The van der Waals surface area contributed by atoms with Gasteiger partial charge in [0.25, 0.3) is 0 Å². The molecule has 1 aromatic carbocycles. The van der Waals surface area contributed by atoms with Crippen molar-refractivity contribution in [2.75, 3.05) is 12.4 Å². The zero-order valence-corrected chi connectivity index (χ0v) is 10.3. The van der Waals surface area contributed by atoms with Crippen molar-refractivity contribution < 1.29 is 4.74 Å². The van der Waals surface area contributed by atoms with Crippen LogP contribution in [-0.2, 0) is 0 Å². The Balaban J connectivity index is 2.40. The van der Waals surface area contributed by atoms with Crippen molar-refractivity contribution in [2.45, 2.75) is 0 Å². The molecule has 90 valence electrons. The van der Waals surface area contributed by atoms with Crippen molar-refractivity contribution in [2.24, 2.45) is 0 Å². The van der Waals surface area contributed by atoms with Gasteiger partial charge in [0.05, 0.1) is 24.6 Å². The van der Waals surface area contributed by atoms with Crippen molar-refractivity contribution in [3.63, 3.8) is 0 Å². The Hall–Kier alpha value is -2.32. The molecule has 0 amide bonds. The number of hydrogen-bond acceptors (Lipinski definition) is 5. The molecule has 0 saturated heterocycles. The Morgan fingerprint density at radius 1 is 1.39 bits per heavy atom. The molecule has 0 bridgehead atoms. The van der Waals surface area contributed by atoms with Crippen molar-refractivity contribution in [3.8, 4) is 11.8 Å². The number of benzene rings is 1. The van der Waals surface area contributed by atoms with E-state index in [0.29, 0.717) is 27.8 Å². The Morgan fingerprint density at radius 3 is 2.94 bits per heavy atom. The zero-order valence-electron chi connectivity index (χ0n) is 9.51. The second kappa shape index (κ2) is 5.34. The summed E-state index contributed by atoms with van der Waals surface area (Å²) < 4.78 is 5.19. The summed E-state index contributed by atoms with van der Waals surface area (Å²) in [6, 6.07) is 8.74. The van der Waals surface area contributed by atoms with E-state index in [1.807, 2.05) is 6.07 Å². The van der Waals surface area contributed by atoms with Gasteiger partial charge in [-0.25, -0.2) is 0 Å². The van der Waals surface area contributed by atoms with Gasteiger partial charge in [-0.1, -0.05) is 11.6 Å². The third-order valence-electron chi connectivity index (χ3n) is 2.26. The first-order valence-electron chi connectivity index (χ1n) is 5.07. The van der Waals surface area contributed by atoms with Crippen LogP contribution in [0.3, 0.4) is 0 Å². The highest BCUT2D eigenvalue weighted by molar-refractivity contribution is 6.31. The van der Waals surface area contributed by atoms with Crippen LogP contribution in [0.2, 0.25) is 5.02 Å². The third-order valence-corrected chi connectivity index (χ3v) is 2.49. The first kappa shape index (κ1) is 12.1. The molecule has 1 N–H and O–H groups in total. The van der Waals surface area contributed by atoms with Crippen molar-refractivity contribution in [1.82, 2.24) is 10.2 Å². The fourth-order valence-corrected chi connectivity index (χ4v) is 1.59. The van der Waals surface area contributed by atoms with Gasteiger partial charge in [0.15, 0.2) is 5.82 Å². The van der Waals surface area contributed by atoms with E-state index in [-0.39, 0.29) is 0 Å². The number of ether oxygens (including phenoxy) is 1. The summed E-state index contributed by atoms with van der Waals surface area (Å²) in [6.45, 7) is 0. The highest BCUT2D eigenvalue weighted by atomic mass is 35.5. The number of nitrogens with zero attached hydrogens (tertiary/aromatic N) is 3. The molecule has 18 heavy (non-hydrogen) atoms. The molecule has 0 fully saturated rings. The van der Waals surface area contributed by atoms with Crippen LogP contribution in [0.1, 0.15) is 5.56 Å². The fraction of sp³-hybridized carbons (Fsp3) is 0.0833. The molecule has 6 heteroatoms. The van der Waals surface area contributed by atoms with Gasteiger partial charge in [-0.3, -0.25) is 0 Å². The van der Waals surface area contributed by atoms with Crippen LogP contribution in [-0.4, -0.2) is 17.3 Å². The average molecular weight is 261 g/mol. The SMILES string of the molecule is COc1ccc(Cl)cc1Nc1nnccc1C#N. The standard InChI is InChI=1S/C12H9ClN4O/c1-18-11-3-2-9(13)6-10(11)16-12-8(7-14)4-5-15-17-12/h2-6H,1H3,(H,16,17). The van der Waals surface area contributed by atoms with E-state index in [0.717, 1.165) is 0 Å². The number of nitrogens with one attached hydrogen (secondary N) is 1. The summed E-state index contributed by atoms with van der Waals surface area (Å²) >= 11 is 5.92. The van der Waals surface area contributed by atoms with Crippen LogP contribution < -0.4 is 10.1 Å². The molecule has 0 spiro atoms. The minimum Gasteiger partial charge on any atom is -0.495 e. The van der Waals surface area contributed by atoms with Crippen molar-refractivity contribution >= 4 is 23.1 Å². The largest absolute Gasteiger partial charge is 0.495 e. The Labute approximate surface area is 109 Å². The van der Waals surface area contributed by atoms with Crippen LogP contribution in [0.25, 0.3) is 0 Å². The van der Waals surface area contributed by atoms with E-state index >= 15 is 0 Å². The first-order valence-corrected chi connectivity index (χ1v) is 5.44. The Morgan fingerprint density at radius 2 is 2.22 bits per heavy atom. The predicted molar refractivity (Wildman–Crippen MR) is 68.0 cm³/mol. The summed E-state index contributed by atoms with van der Waals surface area (Å²) in [6.07, 6.45) is 1.46. The van der Waals surface area contributed by atoms with Gasteiger partial charge in [0.2, 0.25) is 0 Å². The van der Waals surface area contributed by atoms with Gasteiger partial charge in [0.1, 0.15) is 11.8 Å². The van der Waals surface area contributed by atoms with E-state index < -0.39 is 0 Å². The number of anilines is 2. The Kier molecular flexibility index (Phi) is 3.60. The van der Waals surface area contributed by atoms with E-state index in [2.05, 4.69) is 15.5 Å². The summed E-state index contributed by atoms with van der Waals surface area (Å²) in [4.78, 5) is 0. The van der Waals surface area contributed by atoms with Gasteiger partial charge < -0.3 is 10.1 Å². The molecule has 0 radical (unpaired) electrons. The van der Waals surface area contributed by atoms with Gasteiger partial charge in [-0.05, 0) is 24.3 Å². The highest BCUT2D eigenvalue weighted by Gasteiger charge is 2.08. The summed E-state index contributed by atoms with van der Waals surface area (Å²) in [5.74, 6) is 0.967. The van der Waals surface area contributed by atoms with Gasteiger partial charge in [-0.2, -0.15) is 10.4 Å². The van der Waals surface area contributed by atoms with Crippen LogP contribution in [0, 0.1) is 11.3 Å². The van der Waals surface area contributed by atoms with Gasteiger partial charge in [-0.15, -0.1) is 5.10 Å². The molecule has 0 saturated carbocycles. The number of rotatable bonds is 3. The second-order valence-corrected chi connectivity index (χ2v) is 3.81. The lowest BCUT2D eigenvalue weighted by atomic mass is 10.2. The van der Waals surface area contributed by atoms with E-state index in [4.69, 9.17) is 21.6 Å². The van der Waals surface area contributed by atoms with E-state index in [9.17, 15) is 0 Å². The maximum Gasteiger partial charge on any atom is 0.171 e. The van der Waals surface area contributed by atoms with Crippen LogP contribution in [0.4, 0.5) is 11.5 Å². The van der Waals surface area contributed by atoms with Gasteiger partial charge in [0, 0.05) is 5.02 Å². The lowest BCUT2D eigenvalue weighted by Gasteiger charge is -2.11. The van der Waals surface area contributed by atoms with Gasteiger partial charge >= 0.3 is 0 Å². The lowest BCUT2D eigenvalue weighted by Crippen LogP contribution is -2.00. The topological polar surface area (TPSA) is 70.8 Å². The molecular formula is C12H9ClN4O. The van der Waals surface area contributed by atoms with Crippen LogP contribution in [0.5, 0.6) is 5.75 Å². The molecule has 2 rings (SSSR count). The molecule has 0 aliphatic carbocycles. The van der Waals surface area contributed by atoms with Crippen LogP contribution in [0.15, 0.2) is 30.5 Å². The summed E-state index contributed by atoms with van der Waals surface area (Å²) in [7, 11) is 1.55. The van der Waals surface area contributed by atoms with Crippen molar-refractivity contribution in [3.05, 3.63) is 41.0 Å². The number of halogens is 1. The lowest BCUT2D eigenvalue weighted by molar-refractivity contribution is 0.417. The fourth-order valence-electron chi connectivity index (χ4n) is 1.42. The number of nitriles is 1. The maximum absolute atomic E-state index is 8.96. The smallest absolute Gasteiger partial charge is 0.171 e. The second-order valence-electron chi connectivity index (χ2n) is 3.37. The van der Waals surface area contributed by atoms with Crippen LogP contribution >= 0.6 is 11.6 Å². The molecule has 0 atom stereocenters. The number of methoxy groups -OCH3 is 1. The zero-order chi connectivity index (χ0) is 13.0. The number of hydrogen-bond donors (Lipinski definition) is 1. The first-order chi connectivity index (χ1) is 8.74. The van der Waals surface area contributed by atoms with E-state index in [1.54, 1.807) is 31.4 Å². The molecular weight excluding hydrogens is 252 g/mol. The average Bonchev–Trinajstić information content (AvgIpc) is 2.40. The molecule has 1 heterocycles. The third kappa shape index (κ3) is 2.50. The number of aromatic nitrogens is 2. The minimum atomic E-state index is 0.362. The molecule has 0 unspecified atom stereocenters. The normalized spacial score (nSPS) is 9.61. The quantitative estimate of drug-likeness (QED) is 0.919. The molecule has 1 aromatic heterocycles. The Bertz CT molecular complexity index is 609. The molecule has 0 aliphatic rings. The van der Waals surface area contributed by atoms with E-state index in [1.165, 1.54) is 6.20 Å². The maximum atomic E-state index is 8.96. The molecule has 5 nitrogen and oxygen atoms in total. The predicted octanol–water partition coefficient (Wildman–Crippen LogP) is 2.75. The molecule has 2 aromatic rings. The minimum absolute atomic E-state index is 0.362. The monoisotopic (exact) mass is 260 g/mol. The summed E-state index contributed by atoms with van der Waals surface area (Å²) in [5, 5.41) is 20.1.